The Morgan fingerprint density at radius 1 is 1.13 bits per heavy atom. The highest BCUT2D eigenvalue weighted by atomic mass is 79.9. The zero-order valence-corrected chi connectivity index (χ0v) is 22.8. The van der Waals surface area contributed by atoms with E-state index in [2.05, 4.69) is 20.9 Å². The minimum absolute atomic E-state index is 0.0254. The Kier molecular flexibility index (Phi) is 8.59. The van der Waals surface area contributed by atoms with Crippen molar-refractivity contribution >= 4 is 62.2 Å². The van der Waals surface area contributed by atoms with Crippen molar-refractivity contribution in [2.75, 3.05) is 13.7 Å². The van der Waals surface area contributed by atoms with E-state index < -0.39 is 10.9 Å². The van der Waals surface area contributed by atoms with Gasteiger partial charge in [-0.05, 0) is 100 Å². The summed E-state index contributed by atoms with van der Waals surface area (Å²) in [5, 5.41) is 11.3. The largest absolute Gasteiger partial charge is 0.488 e. The molecular weight excluding hydrogens is 574 g/mol. The maximum atomic E-state index is 12.8. The Bertz CT molecular complexity index is 1440. The van der Waals surface area contributed by atoms with Gasteiger partial charge >= 0.3 is 5.97 Å². The molecule has 194 valence electrons. The molecule has 3 aromatic carbocycles. The number of hydrogen-bond donors (Lipinski definition) is 0. The molecule has 1 fully saturated rings. The van der Waals surface area contributed by atoms with Crippen LogP contribution in [0.1, 0.15) is 28.4 Å². The molecule has 0 N–H and O–H groups in total. The third-order valence-electron chi connectivity index (χ3n) is 5.40. The number of nitro benzene ring substituents is 1. The number of halogens is 1. The van der Waals surface area contributed by atoms with E-state index in [4.69, 9.17) is 9.47 Å². The lowest BCUT2D eigenvalue weighted by Crippen LogP contribution is -2.23. The van der Waals surface area contributed by atoms with Crippen LogP contribution in [0.15, 0.2) is 81.1 Å². The Morgan fingerprint density at radius 2 is 1.84 bits per heavy atom. The minimum Gasteiger partial charge on any atom is -0.488 e. The van der Waals surface area contributed by atoms with Gasteiger partial charge in [0.15, 0.2) is 5.17 Å². The lowest BCUT2D eigenvalue weighted by molar-refractivity contribution is -0.384. The predicted molar refractivity (Wildman–Crippen MR) is 149 cm³/mol. The number of amides is 1. The summed E-state index contributed by atoms with van der Waals surface area (Å²) in [6, 6.07) is 18.3. The van der Waals surface area contributed by atoms with Crippen LogP contribution in [0, 0.1) is 10.1 Å². The lowest BCUT2D eigenvalue weighted by Gasteiger charge is -2.09. The van der Waals surface area contributed by atoms with Crippen LogP contribution in [0.5, 0.6) is 5.75 Å². The fraction of sp³-hybridized carbons (Fsp3) is 0.148. The van der Waals surface area contributed by atoms with Crippen molar-refractivity contribution in [3.05, 3.63) is 103 Å². The summed E-state index contributed by atoms with van der Waals surface area (Å²) in [5.41, 5.74) is 2.66. The normalized spacial score (nSPS) is 15.2. The zero-order valence-electron chi connectivity index (χ0n) is 20.4. The molecule has 0 spiro atoms. The molecule has 1 saturated heterocycles. The van der Waals surface area contributed by atoms with E-state index in [1.807, 2.05) is 12.1 Å². The number of carbonyl (C=O) groups is 2. The molecule has 9 nitrogen and oxygen atoms in total. The van der Waals surface area contributed by atoms with Gasteiger partial charge in [0, 0.05) is 19.2 Å². The molecule has 0 saturated carbocycles. The van der Waals surface area contributed by atoms with Crippen molar-refractivity contribution in [2.45, 2.75) is 13.5 Å². The highest BCUT2D eigenvalue weighted by Crippen LogP contribution is 2.35. The second-order valence-electron chi connectivity index (χ2n) is 8.04. The number of rotatable bonds is 8. The summed E-state index contributed by atoms with van der Waals surface area (Å²) in [7, 11) is 1.66. The molecule has 0 radical (unpaired) electrons. The number of nitrogens with zero attached hydrogens (tertiary/aromatic N) is 3. The second-order valence-corrected chi connectivity index (χ2v) is 9.90. The smallest absolute Gasteiger partial charge is 0.338 e. The van der Waals surface area contributed by atoms with Gasteiger partial charge in [-0.25, -0.2) is 9.79 Å². The van der Waals surface area contributed by atoms with Crippen molar-refractivity contribution in [1.82, 2.24) is 4.90 Å². The van der Waals surface area contributed by atoms with Crippen LogP contribution < -0.4 is 4.74 Å². The number of nitro groups is 1. The van der Waals surface area contributed by atoms with E-state index in [0.717, 1.165) is 11.1 Å². The number of non-ortho nitro benzene ring substituents is 1. The summed E-state index contributed by atoms with van der Waals surface area (Å²) >= 11 is 4.76. The standard InChI is InChI=1S/C27H22BrN3O6S/c1-3-36-26(33)19-7-9-20(10-8-19)29-27-30(2)25(32)24(38-27)15-18-6-13-23(22(28)14-18)37-16-17-4-11-21(12-5-17)31(34)35/h4-15H,3,16H2,1-2H3/b24-15-,29-27?. The van der Waals surface area contributed by atoms with E-state index in [9.17, 15) is 19.7 Å². The first kappa shape index (κ1) is 27.1. The lowest BCUT2D eigenvalue weighted by atomic mass is 10.2. The monoisotopic (exact) mass is 595 g/mol. The molecule has 3 aromatic rings. The minimum atomic E-state index is -0.445. The van der Waals surface area contributed by atoms with E-state index >= 15 is 0 Å². The van der Waals surface area contributed by atoms with E-state index in [1.54, 1.807) is 62.5 Å². The third kappa shape index (κ3) is 6.48. The van der Waals surface area contributed by atoms with Gasteiger partial charge < -0.3 is 9.47 Å². The van der Waals surface area contributed by atoms with Gasteiger partial charge in [0.05, 0.1) is 32.2 Å². The number of ether oxygens (including phenoxy) is 2. The van der Waals surface area contributed by atoms with Crippen LogP contribution in [0.4, 0.5) is 11.4 Å². The molecule has 11 heteroatoms. The molecule has 4 rings (SSSR count). The van der Waals surface area contributed by atoms with Gasteiger partial charge in [-0.2, -0.15) is 0 Å². The van der Waals surface area contributed by atoms with Crippen LogP contribution in [-0.2, 0) is 16.1 Å². The number of likely N-dealkylation sites (N-methyl/N-ethyl adjacent to an activating group) is 1. The fourth-order valence-electron chi connectivity index (χ4n) is 3.40. The highest BCUT2D eigenvalue weighted by molar-refractivity contribution is 9.10. The number of carbonyl (C=O) groups excluding carboxylic acids is 2. The first-order valence-corrected chi connectivity index (χ1v) is 13.0. The third-order valence-corrected chi connectivity index (χ3v) is 7.08. The first-order valence-electron chi connectivity index (χ1n) is 11.4. The van der Waals surface area contributed by atoms with Crippen LogP contribution in [0.3, 0.4) is 0 Å². The maximum absolute atomic E-state index is 12.8. The molecule has 0 aliphatic carbocycles. The van der Waals surface area contributed by atoms with Crippen LogP contribution >= 0.6 is 27.7 Å². The number of esters is 1. The van der Waals surface area contributed by atoms with E-state index in [-0.39, 0.29) is 18.2 Å². The van der Waals surface area contributed by atoms with Crippen molar-refractivity contribution in [3.63, 3.8) is 0 Å². The molecule has 0 bridgehead atoms. The van der Waals surface area contributed by atoms with Gasteiger partial charge in [-0.3, -0.25) is 19.8 Å². The van der Waals surface area contributed by atoms with Crippen molar-refractivity contribution in [2.24, 2.45) is 4.99 Å². The summed E-state index contributed by atoms with van der Waals surface area (Å²) in [6.45, 7) is 2.30. The molecular formula is C27H22BrN3O6S. The van der Waals surface area contributed by atoms with Gasteiger partial charge in [-0.1, -0.05) is 6.07 Å². The Balaban J connectivity index is 1.43. The molecule has 0 unspecified atom stereocenters. The topological polar surface area (TPSA) is 111 Å². The van der Waals surface area contributed by atoms with Crippen LogP contribution in [0.25, 0.3) is 6.08 Å². The number of aliphatic imine (C=N–C) groups is 1. The van der Waals surface area contributed by atoms with Crippen LogP contribution in [0.2, 0.25) is 0 Å². The summed E-state index contributed by atoms with van der Waals surface area (Å²) in [5.74, 6) is 0.0291. The summed E-state index contributed by atoms with van der Waals surface area (Å²) in [4.78, 5) is 41.6. The number of hydrogen-bond acceptors (Lipinski definition) is 8. The van der Waals surface area contributed by atoms with Gasteiger partial charge in [0.2, 0.25) is 0 Å². The van der Waals surface area contributed by atoms with Gasteiger partial charge in [0.25, 0.3) is 11.6 Å². The number of thioether (sulfide) groups is 1. The van der Waals surface area contributed by atoms with E-state index in [0.29, 0.717) is 38.2 Å². The average Bonchev–Trinajstić information content (AvgIpc) is 3.16. The maximum Gasteiger partial charge on any atom is 0.338 e. The predicted octanol–water partition coefficient (Wildman–Crippen LogP) is 6.35. The number of benzene rings is 3. The van der Waals surface area contributed by atoms with E-state index in [1.165, 1.54) is 28.8 Å². The quantitative estimate of drug-likeness (QED) is 0.129. The van der Waals surface area contributed by atoms with Crippen molar-refractivity contribution in [1.29, 1.82) is 0 Å². The van der Waals surface area contributed by atoms with Gasteiger partial charge in [-0.15, -0.1) is 0 Å². The van der Waals surface area contributed by atoms with Crippen molar-refractivity contribution < 1.29 is 24.0 Å². The second kappa shape index (κ2) is 12.1. The Labute approximate surface area is 231 Å². The molecule has 38 heavy (non-hydrogen) atoms. The first-order chi connectivity index (χ1) is 18.2. The summed E-state index contributed by atoms with van der Waals surface area (Å²) in [6.07, 6.45) is 1.78. The van der Waals surface area contributed by atoms with Gasteiger partial charge in [0.1, 0.15) is 12.4 Å². The number of amidine groups is 1. The molecule has 1 aliphatic heterocycles. The van der Waals surface area contributed by atoms with Crippen LogP contribution in [-0.4, -0.2) is 40.5 Å². The zero-order chi connectivity index (χ0) is 27.2. The molecule has 0 aromatic heterocycles. The Hall–Kier alpha value is -3.96. The molecule has 1 heterocycles. The molecule has 0 atom stereocenters. The molecule has 1 aliphatic rings. The average molecular weight is 596 g/mol. The fourth-order valence-corrected chi connectivity index (χ4v) is 4.90. The summed E-state index contributed by atoms with van der Waals surface area (Å²) < 4.78 is 11.5. The SMILES string of the molecule is CCOC(=O)c1ccc(N=C2S/C(=C\c3ccc(OCc4ccc([N+](=O)[O-])cc4)c(Br)c3)C(=O)N2C)cc1. The Morgan fingerprint density at radius 3 is 2.47 bits per heavy atom. The highest BCUT2D eigenvalue weighted by Gasteiger charge is 2.30. The van der Waals surface area contributed by atoms with Crippen molar-refractivity contribution in [3.8, 4) is 5.75 Å². The molecule has 1 amide bonds.